The lowest BCUT2D eigenvalue weighted by molar-refractivity contribution is 0.175. The zero-order valence-corrected chi connectivity index (χ0v) is 15.7. The molecule has 1 aromatic heterocycles. The molecular formula is C16H20Br2N2O. The third kappa shape index (κ3) is 3.76. The molecule has 3 nitrogen and oxygen atoms in total. The monoisotopic (exact) mass is 414 g/mol. The highest BCUT2D eigenvalue weighted by Gasteiger charge is 2.18. The van der Waals surface area contributed by atoms with Gasteiger partial charge in [0.15, 0.2) is 0 Å². The molecule has 0 saturated carbocycles. The van der Waals surface area contributed by atoms with Gasteiger partial charge in [-0.05, 0) is 59.5 Å². The van der Waals surface area contributed by atoms with Crippen molar-refractivity contribution in [3.63, 3.8) is 0 Å². The van der Waals surface area contributed by atoms with Crippen LogP contribution in [0.2, 0.25) is 0 Å². The Bertz CT molecular complexity index is 617. The highest BCUT2D eigenvalue weighted by molar-refractivity contribution is 9.10. The maximum atomic E-state index is 10.6. The molecule has 1 heterocycles. The lowest BCUT2D eigenvalue weighted by Crippen LogP contribution is -2.09. The average molecular weight is 416 g/mol. The van der Waals surface area contributed by atoms with E-state index in [9.17, 15) is 5.11 Å². The summed E-state index contributed by atoms with van der Waals surface area (Å²) in [6.45, 7) is 6.99. The number of nitrogens with zero attached hydrogens (tertiary/aromatic N) is 2. The van der Waals surface area contributed by atoms with Gasteiger partial charge >= 0.3 is 0 Å². The maximum Gasteiger partial charge on any atom is 0.0846 e. The Labute approximate surface area is 142 Å². The summed E-state index contributed by atoms with van der Waals surface area (Å²) in [5.74, 6) is 0. The van der Waals surface area contributed by atoms with Crippen molar-refractivity contribution in [2.45, 2.75) is 46.3 Å². The molecule has 21 heavy (non-hydrogen) atoms. The number of halogens is 2. The van der Waals surface area contributed by atoms with Crippen LogP contribution in [0.4, 0.5) is 0 Å². The van der Waals surface area contributed by atoms with Crippen LogP contribution in [-0.2, 0) is 19.4 Å². The zero-order chi connectivity index (χ0) is 15.6. The number of hydrogen-bond donors (Lipinski definition) is 1. The third-order valence-electron chi connectivity index (χ3n) is 3.53. The standard InChI is InChI=1S/C16H20Br2N2O/c1-4-13-16(18)14(20(5-2)19-13)9-15(21)11-6-10(3)7-12(17)8-11/h6-8,15,21H,4-5,9H2,1-3H3. The van der Waals surface area contributed by atoms with Gasteiger partial charge in [0.2, 0.25) is 0 Å². The Hall–Kier alpha value is -0.650. The van der Waals surface area contributed by atoms with Crippen molar-refractivity contribution < 1.29 is 5.11 Å². The summed E-state index contributed by atoms with van der Waals surface area (Å²) in [6, 6.07) is 6.04. The highest BCUT2D eigenvalue weighted by Crippen LogP contribution is 2.28. The van der Waals surface area contributed by atoms with Crippen molar-refractivity contribution in [3.05, 3.63) is 49.7 Å². The molecule has 0 aliphatic heterocycles. The van der Waals surface area contributed by atoms with Crippen LogP contribution in [-0.4, -0.2) is 14.9 Å². The smallest absolute Gasteiger partial charge is 0.0846 e. The van der Waals surface area contributed by atoms with Crippen molar-refractivity contribution in [2.75, 3.05) is 0 Å². The van der Waals surface area contributed by atoms with E-state index in [1.54, 1.807) is 0 Å². The summed E-state index contributed by atoms with van der Waals surface area (Å²) in [7, 11) is 0. The summed E-state index contributed by atoms with van der Waals surface area (Å²) in [5, 5.41) is 15.1. The molecule has 114 valence electrons. The fraction of sp³-hybridized carbons (Fsp3) is 0.438. The number of aliphatic hydroxyl groups is 1. The van der Waals surface area contributed by atoms with Crippen molar-refractivity contribution >= 4 is 31.9 Å². The molecule has 1 aromatic carbocycles. The molecule has 1 N–H and O–H groups in total. The van der Waals surface area contributed by atoms with Gasteiger partial charge in [-0.15, -0.1) is 0 Å². The van der Waals surface area contributed by atoms with Gasteiger partial charge in [-0.25, -0.2) is 0 Å². The Kier molecular flexibility index (Phi) is 5.63. The Balaban J connectivity index is 2.30. The number of aryl methyl sites for hydroxylation is 3. The molecule has 1 unspecified atom stereocenters. The van der Waals surface area contributed by atoms with Gasteiger partial charge < -0.3 is 5.11 Å². The number of benzene rings is 1. The van der Waals surface area contributed by atoms with Gasteiger partial charge in [0.25, 0.3) is 0 Å². The highest BCUT2D eigenvalue weighted by atomic mass is 79.9. The van der Waals surface area contributed by atoms with E-state index in [0.29, 0.717) is 6.42 Å². The van der Waals surface area contributed by atoms with Gasteiger partial charge in [0.1, 0.15) is 0 Å². The molecule has 0 fully saturated rings. The first-order chi connectivity index (χ1) is 9.96. The van der Waals surface area contributed by atoms with Crippen LogP contribution in [0.15, 0.2) is 27.1 Å². The second-order valence-corrected chi connectivity index (χ2v) is 6.87. The molecule has 0 amide bonds. The van der Waals surface area contributed by atoms with E-state index < -0.39 is 6.10 Å². The van der Waals surface area contributed by atoms with Gasteiger partial charge in [-0.3, -0.25) is 4.68 Å². The quantitative estimate of drug-likeness (QED) is 0.776. The van der Waals surface area contributed by atoms with Crippen LogP contribution < -0.4 is 0 Å². The fourth-order valence-electron chi connectivity index (χ4n) is 2.47. The average Bonchev–Trinajstić information content (AvgIpc) is 2.74. The largest absolute Gasteiger partial charge is 0.388 e. The SMILES string of the molecule is CCc1nn(CC)c(CC(O)c2cc(C)cc(Br)c2)c1Br. The fourth-order valence-corrected chi connectivity index (χ4v) is 3.82. The Morgan fingerprint density at radius 1 is 1.24 bits per heavy atom. The number of hydrogen-bond acceptors (Lipinski definition) is 2. The molecule has 5 heteroatoms. The Morgan fingerprint density at radius 2 is 1.95 bits per heavy atom. The first kappa shape index (κ1) is 16.7. The Morgan fingerprint density at radius 3 is 2.52 bits per heavy atom. The van der Waals surface area contributed by atoms with E-state index in [1.807, 2.05) is 29.8 Å². The summed E-state index contributed by atoms with van der Waals surface area (Å²) < 4.78 is 3.99. The second-order valence-electron chi connectivity index (χ2n) is 5.16. The predicted octanol–water partition coefficient (Wildman–Crippen LogP) is 4.57. The number of aromatic nitrogens is 2. The molecule has 2 rings (SSSR count). The van der Waals surface area contributed by atoms with E-state index in [2.05, 4.69) is 50.8 Å². The minimum atomic E-state index is -0.538. The van der Waals surface area contributed by atoms with E-state index in [-0.39, 0.29) is 0 Å². The predicted molar refractivity (Wildman–Crippen MR) is 92.5 cm³/mol. The summed E-state index contributed by atoms with van der Waals surface area (Å²) >= 11 is 7.12. The molecule has 0 aliphatic rings. The summed E-state index contributed by atoms with van der Waals surface area (Å²) in [5.41, 5.74) is 4.16. The minimum absolute atomic E-state index is 0.538. The van der Waals surface area contributed by atoms with Crippen LogP contribution in [0.25, 0.3) is 0 Å². The van der Waals surface area contributed by atoms with Crippen molar-refractivity contribution in [1.82, 2.24) is 9.78 Å². The van der Waals surface area contributed by atoms with Crippen LogP contribution in [0.3, 0.4) is 0 Å². The topological polar surface area (TPSA) is 38.0 Å². The van der Waals surface area contributed by atoms with Crippen LogP contribution in [0.1, 0.15) is 42.5 Å². The number of aliphatic hydroxyl groups excluding tert-OH is 1. The second kappa shape index (κ2) is 7.07. The lowest BCUT2D eigenvalue weighted by Gasteiger charge is -2.14. The first-order valence-corrected chi connectivity index (χ1v) is 8.74. The van der Waals surface area contributed by atoms with Crippen LogP contribution in [0.5, 0.6) is 0 Å². The molecule has 2 aromatic rings. The molecule has 0 bridgehead atoms. The molecule has 0 radical (unpaired) electrons. The first-order valence-electron chi connectivity index (χ1n) is 7.15. The van der Waals surface area contributed by atoms with E-state index in [4.69, 9.17) is 0 Å². The maximum absolute atomic E-state index is 10.6. The van der Waals surface area contributed by atoms with Crippen LogP contribution in [0, 0.1) is 6.92 Å². The molecule has 0 aliphatic carbocycles. The van der Waals surface area contributed by atoms with Crippen molar-refractivity contribution in [3.8, 4) is 0 Å². The van der Waals surface area contributed by atoms with Gasteiger partial charge in [0, 0.05) is 17.4 Å². The van der Waals surface area contributed by atoms with E-state index in [1.165, 1.54) is 0 Å². The van der Waals surface area contributed by atoms with Crippen LogP contribution >= 0.6 is 31.9 Å². The summed E-state index contributed by atoms with van der Waals surface area (Å²) in [6.07, 6.45) is 0.897. The van der Waals surface area contributed by atoms with Gasteiger partial charge in [0.05, 0.1) is 22.0 Å². The lowest BCUT2D eigenvalue weighted by atomic mass is 10.0. The molecule has 0 saturated heterocycles. The molecule has 1 atom stereocenters. The number of rotatable bonds is 5. The van der Waals surface area contributed by atoms with E-state index >= 15 is 0 Å². The van der Waals surface area contributed by atoms with Gasteiger partial charge in [-0.2, -0.15) is 5.10 Å². The van der Waals surface area contributed by atoms with E-state index in [0.717, 1.165) is 44.4 Å². The zero-order valence-electron chi connectivity index (χ0n) is 12.5. The normalized spacial score (nSPS) is 12.7. The van der Waals surface area contributed by atoms with Gasteiger partial charge in [-0.1, -0.05) is 28.9 Å². The van der Waals surface area contributed by atoms with Crippen molar-refractivity contribution in [2.24, 2.45) is 0 Å². The third-order valence-corrected chi connectivity index (χ3v) is 4.90. The van der Waals surface area contributed by atoms with Crippen molar-refractivity contribution in [1.29, 1.82) is 0 Å². The summed E-state index contributed by atoms with van der Waals surface area (Å²) in [4.78, 5) is 0. The molecular weight excluding hydrogens is 396 g/mol. The minimum Gasteiger partial charge on any atom is -0.388 e. The molecule has 0 spiro atoms.